The van der Waals surface area contributed by atoms with Gasteiger partial charge in [-0.1, -0.05) is 11.8 Å². The molecule has 1 amide bonds. The molecule has 1 N–H and O–H groups in total. The summed E-state index contributed by atoms with van der Waals surface area (Å²) in [5.74, 6) is 0.0852. The molecule has 1 saturated heterocycles. The molecule has 2 aromatic rings. The van der Waals surface area contributed by atoms with Crippen molar-refractivity contribution in [3.8, 4) is 0 Å². The molecule has 0 aromatic carbocycles. The zero-order valence-electron chi connectivity index (χ0n) is 15.9. The molecule has 0 radical (unpaired) electrons. The van der Waals surface area contributed by atoms with Crippen LogP contribution in [0.3, 0.4) is 0 Å². The van der Waals surface area contributed by atoms with Crippen LogP contribution in [0.25, 0.3) is 0 Å². The Balaban J connectivity index is 1.49. The number of amides is 1. The van der Waals surface area contributed by atoms with Crippen molar-refractivity contribution < 1.29 is 9.53 Å². The number of carbonyl (C=O) groups excluding carboxylic acids is 1. The molecule has 1 aliphatic heterocycles. The highest BCUT2D eigenvalue weighted by atomic mass is 32.2. The van der Waals surface area contributed by atoms with E-state index in [2.05, 4.69) is 15.3 Å². The minimum atomic E-state index is -0.227. The van der Waals surface area contributed by atoms with Crippen LogP contribution in [0.2, 0.25) is 0 Å². The zero-order valence-corrected chi connectivity index (χ0v) is 17.5. The van der Waals surface area contributed by atoms with Gasteiger partial charge in [0.2, 0.25) is 5.91 Å². The third-order valence-electron chi connectivity index (χ3n) is 5.07. The summed E-state index contributed by atoms with van der Waals surface area (Å²) in [5, 5.41) is 6.01. The summed E-state index contributed by atoms with van der Waals surface area (Å²) >= 11 is 2.75. The van der Waals surface area contributed by atoms with Gasteiger partial charge in [-0.25, -0.2) is 9.78 Å². The Morgan fingerprint density at radius 1 is 1.36 bits per heavy atom. The standard InChI is InChI=1S/C19H24N4O3S2/c1-12-10-28-18(20-12)21-16(24)11-27-17-14-6-2-3-7-15(14)23(19(25)22-17)9-13-5-4-8-26-13/h10,13H,2-9,11H2,1H3,(H,20,21,24)/t13-/m1/s1. The van der Waals surface area contributed by atoms with Crippen LogP contribution in [0.15, 0.2) is 15.2 Å². The van der Waals surface area contributed by atoms with Crippen LogP contribution in [0, 0.1) is 6.92 Å². The van der Waals surface area contributed by atoms with Gasteiger partial charge >= 0.3 is 5.69 Å². The highest BCUT2D eigenvalue weighted by Crippen LogP contribution is 2.29. The van der Waals surface area contributed by atoms with Crippen LogP contribution in [0.5, 0.6) is 0 Å². The van der Waals surface area contributed by atoms with E-state index < -0.39 is 0 Å². The minimum absolute atomic E-state index is 0.108. The van der Waals surface area contributed by atoms with E-state index in [1.165, 1.54) is 23.1 Å². The van der Waals surface area contributed by atoms with Crippen molar-refractivity contribution in [2.45, 2.75) is 63.1 Å². The summed E-state index contributed by atoms with van der Waals surface area (Å²) in [6, 6.07) is 0. The first-order valence-electron chi connectivity index (χ1n) is 9.69. The van der Waals surface area contributed by atoms with Crippen molar-refractivity contribution >= 4 is 34.1 Å². The average Bonchev–Trinajstić information content (AvgIpc) is 3.34. The SMILES string of the molecule is Cc1csc(NC(=O)CSc2nc(=O)n(C[C@H]3CCCO3)c3c2CCCC3)n1. The molecule has 1 atom stereocenters. The number of carbonyl (C=O) groups is 1. The number of fused-ring (bicyclic) bond motifs is 1. The summed E-state index contributed by atoms with van der Waals surface area (Å²) in [7, 11) is 0. The van der Waals surface area contributed by atoms with Gasteiger partial charge in [0.05, 0.1) is 24.1 Å². The predicted octanol–water partition coefficient (Wildman–Crippen LogP) is 2.80. The fraction of sp³-hybridized carbons (Fsp3) is 0.579. The third-order valence-corrected chi connectivity index (χ3v) is 6.96. The van der Waals surface area contributed by atoms with Gasteiger partial charge in [-0.15, -0.1) is 11.3 Å². The summed E-state index contributed by atoms with van der Waals surface area (Å²) in [6.07, 6.45) is 6.12. The lowest BCUT2D eigenvalue weighted by Crippen LogP contribution is -2.34. The molecule has 9 heteroatoms. The first-order valence-corrected chi connectivity index (χ1v) is 11.6. The molecular weight excluding hydrogens is 396 g/mol. The van der Waals surface area contributed by atoms with Gasteiger partial charge < -0.3 is 10.1 Å². The number of hydrogen-bond donors (Lipinski definition) is 1. The number of thioether (sulfide) groups is 1. The Morgan fingerprint density at radius 2 is 2.21 bits per heavy atom. The van der Waals surface area contributed by atoms with E-state index in [1.807, 2.05) is 16.9 Å². The number of nitrogens with zero attached hydrogens (tertiary/aromatic N) is 3. The van der Waals surface area contributed by atoms with E-state index >= 15 is 0 Å². The van der Waals surface area contributed by atoms with E-state index in [0.29, 0.717) is 16.7 Å². The molecule has 28 heavy (non-hydrogen) atoms. The first kappa shape index (κ1) is 19.6. The van der Waals surface area contributed by atoms with Crippen LogP contribution in [0.1, 0.15) is 42.6 Å². The van der Waals surface area contributed by atoms with Gasteiger partial charge in [0.25, 0.3) is 0 Å². The molecule has 3 heterocycles. The van der Waals surface area contributed by atoms with Gasteiger partial charge in [-0.05, 0) is 45.4 Å². The number of rotatable bonds is 6. The molecular formula is C19H24N4O3S2. The minimum Gasteiger partial charge on any atom is -0.376 e. The smallest absolute Gasteiger partial charge is 0.348 e. The number of anilines is 1. The average molecular weight is 421 g/mol. The summed E-state index contributed by atoms with van der Waals surface area (Å²) in [6.45, 7) is 3.25. The fourth-order valence-corrected chi connectivity index (χ4v) is 5.33. The molecule has 0 unspecified atom stereocenters. The molecule has 0 bridgehead atoms. The van der Waals surface area contributed by atoms with E-state index in [1.54, 1.807) is 0 Å². The topological polar surface area (TPSA) is 86.1 Å². The Labute approximate surface area is 171 Å². The molecule has 0 saturated carbocycles. The van der Waals surface area contributed by atoms with Gasteiger partial charge in [0, 0.05) is 23.2 Å². The Morgan fingerprint density at radius 3 is 2.96 bits per heavy atom. The quantitative estimate of drug-likeness (QED) is 0.571. The first-order chi connectivity index (χ1) is 13.6. The Kier molecular flexibility index (Phi) is 6.13. The zero-order chi connectivity index (χ0) is 19.5. The van der Waals surface area contributed by atoms with Crippen molar-refractivity contribution in [2.24, 2.45) is 0 Å². The Hall–Kier alpha value is -1.71. The van der Waals surface area contributed by atoms with Crippen LogP contribution in [-0.2, 0) is 28.9 Å². The molecule has 2 aromatic heterocycles. The molecule has 2 aliphatic rings. The monoisotopic (exact) mass is 420 g/mol. The van der Waals surface area contributed by atoms with Crippen LogP contribution < -0.4 is 11.0 Å². The van der Waals surface area contributed by atoms with Gasteiger partial charge in [-0.3, -0.25) is 9.36 Å². The Bertz CT molecular complexity index is 918. The van der Waals surface area contributed by atoms with Crippen molar-refractivity contribution in [3.05, 3.63) is 32.8 Å². The van der Waals surface area contributed by atoms with Crippen LogP contribution >= 0.6 is 23.1 Å². The maximum absolute atomic E-state index is 12.7. The lowest BCUT2D eigenvalue weighted by atomic mass is 9.97. The maximum Gasteiger partial charge on any atom is 0.348 e. The maximum atomic E-state index is 12.7. The number of aromatic nitrogens is 3. The third kappa shape index (κ3) is 4.47. The second kappa shape index (κ2) is 8.75. The molecule has 1 fully saturated rings. The molecule has 4 rings (SSSR count). The van der Waals surface area contributed by atoms with Crippen molar-refractivity contribution in [3.63, 3.8) is 0 Å². The number of ether oxygens (including phenoxy) is 1. The van der Waals surface area contributed by atoms with Crippen molar-refractivity contribution in [1.82, 2.24) is 14.5 Å². The van der Waals surface area contributed by atoms with E-state index in [4.69, 9.17) is 4.74 Å². The van der Waals surface area contributed by atoms with Gasteiger partial charge in [0.1, 0.15) is 5.03 Å². The lowest BCUT2D eigenvalue weighted by molar-refractivity contribution is -0.113. The molecule has 0 spiro atoms. The number of hydrogen-bond acceptors (Lipinski definition) is 7. The second-order valence-electron chi connectivity index (χ2n) is 7.21. The van der Waals surface area contributed by atoms with Gasteiger partial charge in [0.15, 0.2) is 5.13 Å². The fourth-order valence-electron chi connectivity index (χ4n) is 3.75. The number of thiazole rings is 1. The normalized spacial score (nSPS) is 18.8. The highest BCUT2D eigenvalue weighted by Gasteiger charge is 2.24. The molecule has 7 nitrogen and oxygen atoms in total. The summed E-state index contributed by atoms with van der Waals surface area (Å²) < 4.78 is 7.53. The van der Waals surface area contributed by atoms with Crippen molar-refractivity contribution in [2.75, 3.05) is 17.7 Å². The number of aryl methyl sites for hydroxylation is 1. The van der Waals surface area contributed by atoms with Gasteiger partial charge in [-0.2, -0.15) is 4.98 Å². The second-order valence-corrected chi connectivity index (χ2v) is 9.03. The van der Waals surface area contributed by atoms with E-state index in [0.717, 1.165) is 62.1 Å². The number of nitrogens with one attached hydrogen (secondary N) is 1. The van der Waals surface area contributed by atoms with E-state index in [-0.39, 0.29) is 23.5 Å². The molecule has 150 valence electrons. The summed E-state index contributed by atoms with van der Waals surface area (Å²) in [4.78, 5) is 33.5. The lowest BCUT2D eigenvalue weighted by Gasteiger charge is -2.24. The predicted molar refractivity (Wildman–Crippen MR) is 110 cm³/mol. The summed E-state index contributed by atoms with van der Waals surface area (Å²) in [5.41, 5.74) is 2.88. The largest absolute Gasteiger partial charge is 0.376 e. The van der Waals surface area contributed by atoms with Crippen LogP contribution in [0.4, 0.5) is 5.13 Å². The van der Waals surface area contributed by atoms with Crippen molar-refractivity contribution in [1.29, 1.82) is 0 Å². The molecule has 1 aliphatic carbocycles. The van der Waals surface area contributed by atoms with E-state index in [9.17, 15) is 9.59 Å². The van der Waals surface area contributed by atoms with Crippen LogP contribution in [-0.4, -0.2) is 38.9 Å². The highest BCUT2D eigenvalue weighted by molar-refractivity contribution is 8.00.